The summed E-state index contributed by atoms with van der Waals surface area (Å²) >= 11 is 1.52. The third kappa shape index (κ3) is 3.69. The Morgan fingerprint density at radius 3 is 2.64 bits per heavy atom. The molecule has 1 aromatic carbocycles. The zero-order valence-electron chi connectivity index (χ0n) is 15.8. The van der Waals surface area contributed by atoms with Gasteiger partial charge in [0.05, 0.1) is 17.1 Å². The molecule has 2 aliphatic rings. The van der Waals surface area contributed by atoms with Crippen LogP contribution in [0.3, 0.4) is 0 Å². The van der Waals surface area contributed by atoms with Crippen LogP contribution in [0.1, 0.15) is 45.4 Å². The fourth-order valence-electron chi connectivity index (χ4n) is 4.00. The van der Waals surface area contributed by atoms with Crippen LogP contribution in [0.25, 0.3) is 0 Å². The Morgan fingerprint density at radius 1 is 1.25 bits per heavy atom. The molecule has 1 aromatic heterocycles. The Labute approximate surface area is 167 Å². The predicted octanol–water partition coefficient (Wildman–Crippen LogP) is 3.23. The highest BCUT2D eigenvalue weighted by molar-refractivity contribution is 7.14. The summed E-state index contributed by atoms with van der Waals surface area (Å²) in [5, 5.41) is 2.91. The van der Waals surface area contributed by atoms with Gasteiger partial charge < -0.3 is 15.0 Å². The van der Waals surface area contributed by atoms with Crippen LogP contribution in [0.4, 0.5) is 4.39 Å². The van der Waals surface area contributed by atoms with Crippen molar-refractivity contribution in [1.82, 2.24) is 10.2 Å². The van der Waals surface area contributed by atoms with E-state index in [1.54, 1.807) is 19.1 Å². The third-order valence-corrected chi connectivity index (χ3v) is 6.81. The summed E-state index contributed by atoms with van der Waals surface area (Å²) in [6, 6.07) is 8.07. The maximum atomic E-state index is 13.0. The molecule has 4 rings (SSSR count). The second-order valence-electron chi connectivity index (χ2n) is 7.36. The smallest absolute Gasteiger partial charge is 0.261 e. The highest BCUT2D eigenvalue weighted by Crippen LogP contribution is 2.44. The second kappa shape index (κ2) is 7.64. The highest BCUT2D eigenvalue weighted by atomic mass is 32.1. The zero-order chi connectivity index (χ0) is 19.7. The number of likely N-dealkylation sites (tertiary alicyclic amines) is 1. The number of benzene rings is 1. The van der Waals surface area contributed by atoms with Gasteiger partial charge in [0.15, 0.2) is 0 Å². The predicted molar refractivity (Wildman–Crippen MR) is 105 cm³/mol. The van der Waals surface area contributed by atoms with Crippen LogP contribution in [0.15, 0.2) is 30.3 Å². The number of thiophene rings is 1. The number of piperidine rings is 1. The van der Waals surface area contributed by atoms with Gasteiger partial charge in [-0.3, -0.25) is 9.59 Å². The van der Waals surface area contributed by atoms with Gasteiger partial charge >= 0.3 is 0 Å². The van der Waals surface area contributed by atoms with Gasteiger partial charge in [-0.05, 0) is 42.2 Å². The minimum absolute atomic E-state index is 0.0945. The Balaban J connectivity index is 1.48. The lowest BCUT2D eigenvalue weighted by atomic mass is 9.82. The van der Waals surface area contributed by atoms with E-state index in [1.807, 2.05) is 11.0 Å². The molecule has 0 bridgehead atoms. The van der Waals surface area contributed by atoms with Crippen molar-refractivity contribution >= 4 is 23.2 Å². The summed E-state index contributed by atoms with van der Waals surface area (Å²) in [6.45, 7) is 3.95. The number of rotatable bonds is 3. The maximum Gasteiger partial charge on any atom is 0.261 e. The largest absolute Gasteiger partial charge is 0.370 e. The van der Waals surface area contributed by atoms with Crippen molar-refractivity contribution in [2.75, 3.05) is 19.7 Å². The van der Waals surface area contributed by atoms with E-state index in [0.29, 0.717) is 31.1 Å². The molecule has 3 heterocycles. The maximum absolute atomic E-state index is 13.0. The van der Waals surface area contributed by atoms with Gasteiger partial charge in [-0.25, -0.2) is 4.39 Å². The minimum atomic E-state index is -0.383. The van der Waals surface area contributed by atoms with E-state index in [2.05, 4.69) is 5.32 Å². The number of nitrogens with one attached hydrogen (secondary N) is 1. The normalized spacial score (nSPS) is 18.0. The van der Waals surface area contributed by atoms with E-state index in [0.717, 1.165) is 30.4 Å². The molecule has 0 radical (unpaired) electrons. The molecule has 5 nitrogen and oxygen atoms in total. The monoisotopic (exact) mass is 402 g/mol. The van der Waals surface area contributed by atoms with Gasteiger partial charge in [0.2, 0.25) is 5.91 Å². The Hall–Kier alpha value is -2.25. The van der Waals surface area contributed by atoms with Crippen LogP contribution in [0, 0.1) is 5.82 Å². The Morgan fingerprint density at radius 2 is 1.96 bits per heavy atom. The van der Waals surface area contributed by atoms with Crippen molar-refractivity contribution in [3.63, 3.8) is 0 Å². The molecular weight excluding hydrogens is 379 g/mol. The lowest BCUT2D eigenvalue weighted by Gasteiger charge is -2.43. The van der Waals surface area contributed by atoms with Gasteiger partial charge in [0.1, 0.15) is 5.82 Å². The first-order chi connectivity index (χ1) is 13.5. The van der Waals surface area contributed by atoms with Crippen molar-refractivity contribution in [2.24, 2.45) is 0 Å². The van der Waals surface area contributed by atoms with E-state index >= 15 is 0 Å². The number of hydrogen-bond donors (Lipinski definition) is 1. The molecule has 1 N–H and O–H groups in total. The Kier molecular flexibility index (Phi) is 5.21. The standard InChI is InChI=1S/C21H23FN2O3S/c1-14(25)24-9-7-21(8-10-24)17-12-19(28-18(17)6-11-27-21)20(26)23-13-15-2-4-16(22)5-3-15/h2-5,12H,6-11,13H2,1H3,(H,23,26). The van der Waals surface area contributed by atoms with Crippen LogP contribution >= 0.6 is 11.3 Å². The van der Waals surface area contributed by atoms with E-state index in [4.69, 9.17) is 4.74 Å². The molecule has 1 fully saturated rings. The molecule has 28 heavy (non-hydrogen) atoms. The molecule has 0 aliphatic carbocycles. The number of halogens is 1. The van der Waals surface area contributed by atoms with Crippen LogP contribution in [-0.2, 0) is 28.1 Å². The number of ether oxygens (including phenoxy) is 1. The van der Waals surface area contributed by atoms with Gasteiger partial charge in [0.25, 0.3) is 5.91 Å². The first-order valence-electron chi connectivity index (χ1n) is 9.52. The van der Waals surface area contributed by atoms with Crippen molar-refractivity contribution in [3.05, 3.63) is 57.0 Å². The van der Waals surface area contributed by atoms with E-state index in [9.17, 15) is 14.0 Å². The molecule has 1 spiro atoms. The summed E-state index contributed by atoms with van der Waals surface area (Å²) in [5.41, 5.74) is 1.58. The molecule has 1 saturated heterocycles. The van der Waals surface area contributed by atoms with Gasteiger partial charge in [-0.2, -0.15) is 0 Å². The molecule has 2 aromatic rings. The lowest BCUT2D eigenvalue weighted by Crippen LogP contribution is -2.47. The molecule has 148 valence electrons. The van der Waals surface area contributed by atoms with E-state index in [1.165, 1.54) is 28.3 Å². The number of hydrogen-bond acceptors (Lipinski definition) is 4. The summed E-state index contributed by atoms with van der Waals surface area (Å²) < 4.78 is 19.2. The third-order valence-electron chi connectivity index (χ3n) is 5.61. The molecule has 0 saturated carbocycles. The molecule has 7 heteroatoms. The van der Waals surface area contributed by atoms with Gasteiger partial charge in [-0.15, -0.1) is 11.3 Å². The molecule has 2 amide bonds. The Bertz CT molecular complexity index is 886. The molecule has 0 unspecified atom stereocenters. The fourth-order valence-corrected chi connectivity index (χ4v) is 5.14. The zero-order valence-corrected chi connectivity index (χ0v) is 16.6. The van der Waals surface area contributed by atoms with Crippen LogP contribution < -0.4 is 5.32 Å². The topological polar surface area (TPSA) is 58.6 Å². The fraction of sp³-hybridized carbons (Fsp3) is 0.429. The van der Waals surface area contributed by atoms with Crippen molar-refractivity contribution < 1.29 is 18.7 Å². The highest BCUT2D eigenvalue weighted by Gasteiger charge is 2.42. The molecular formula is C21H23FN2O3S. The number of fused-ring (bicyclic) bond motifs is 2. The average Bonchev–Trinajstić information content (AvgIpc) is 3.14. The summed E-state index contributed by atoms with van der Waals surface area (Å²) in [6.07, 6.45) is 2.32. The lowest BCUT2D eigenvalue weighted by molar-refractivity contribution is -0.138. The molecule has 0 atom stereocenters. The van der Waals surface area contributed by atoms with Crippen molar-refractivity contribution in [1.29, 1.82) is 0 Å². The first-order valence-corrected chi connectivity index (χ1v) is 10.3. The van der Waals surface area contributed by atoms with Crippen molar-refractivity contribution in [2.45, 2.75) is 38.3 Å². The van der Waals surface area contributed by atoms with Gasteiger partial charge in [0, 0.05) is 37.9 Å². The van der Waals surface area contributed by atoms with E-state index < -0.39 is 0 Å². The second-order valence-corrected chi connectivity index (χ2v) is 8.49. The SMILES string of the molecule is CC(=O)N1CCC2(CC1)OCCc1sc(C(=O)NCc3ccc(F)cc3)cc12. The summed E-state index contributed by atoms with van der Waals surface area (Å²) in [5.74, 6) is -0.320. The number of carbonyl (C=O) groups is 2. The number of nitrogens with zero attached hydrogens (tertiary/aromatic N) is 1. The van der Waals surface area contributed by atoms with Crippen LogP contribution in [-0.4, -0.2) is 36.4 Å². The molecule has 2 aliphatic heterocycles. The minimum Gasteiger partial charge on any atom is -0.370 e. The van der Waals surface area contributed by atoms with Crippen molar-refractivity contribution in [3.8, 4) is 0 Å². The summed E-state index contributed by atoms with van der Waals surface area (Å²) in [4.78, 5) is 28.0. The summed E-state index contributed by atoms with van der Waals surface area (Å²) in [7, 11) is 0. The quantitative estimate of drug-likeness (QED) is 0.858. The van der Waals surface area contributed by atoms with Crippen LogP contribution in [0.2, 0.25) is 0 Å². The van der Waals surface area contributed by atoms with Crippen LogP contribution in [0.5, 0.6) is 0 Å². The van der Waals surface area contributed by atoms with E-state index in [-0.39, 0.29) is 23.2 Å². The van der Waals surface area contributed by atoms with Gasteiger partial charge in [-0.1, -0.05) is 12.1 Å². The first kappa shape index (κ1) is 19.1. The number of carbonyl (C=O) groups excluding carboxylic acids is 2. The number of amides is 2. The average molecular weight is 402 g/mol.